The number of aliphatic hydroxyl groups is 1. The third-order valence-corrected chi connectivity index (χ3v) is 4.90. The predicted octanol–water partition coefficient (Wildman–Crippen LogP) is 2.11. The zero-order valence-electron chi connectivity index (χ0n) is 13.3. The molecule has 4 rings (SSSR count). The molecule has 1 aromatic carbocycles. The molecule has 5 heteroatoms. The highest BCUT2D eigenvalue weighted by molar-refractivity contribution is 5.57. The topological polar surface area (TPSA) is 61.4 Å². The Labute approximate surface area is 136 Å². The van der Waals surface area contributed by atoms with Crippen LogP contribution in [-0.4, -0.2) is 45.8 Å². The largest absolute Gasteiger partial charge is 0.392 e. The van der Waals surface area contributed by atoms with E-state index in [9.17, 15) is 5.11 Å². The number of rotatable bonds is 3. The van der Waals surface area contributed by atoms with Gasteiger partial charge in [-0.3, -0.25) is 4.90 Å². The van der Waals surface area contributed by atoms with E-state index in [0.29, 0.717) is 6.04 Å². The fourth-order valence-corrected chi connectivity index (χ4v) is 3.59. The fraction of sp³-hybridized carbons (Fsp3) is 0.500. The molecule has 2 aliphatic heterocycles. The average molecular weight is 313 g/mol. The highest BCUT2D eigenvalue weighted by atomic mass is 16.5. The van der Waals surface area contributed by atoms with Crippen molar-refractivity contribution in [3.05, 3.63) is 41.2 Å². The molecule has 0 amide bonds. The highest BCUT2D eigenvalue weighted by Gasteiger charge is 2.27. The van der Waals surface area contributed by atoms with Gasteiger partial charge >= 0.3 is 0 Å². The lowest BCUT2D eigenvalue weighted by Gasteiger charge is -2.35. The number of aliphatic hydroxyl groups excluding tert-OH is 1. The number of H-pyrrole nitrogens is 1. The maximum Gasteiger partial charge on any atom is 0.137 e. The number of nitrogens with one attached hydrogen (secondary N) is 1. The SMILES string of the molecule is OCc1cccc(-c2nc3c([nH]2)CN([C@@H]2CCCOC2)CC3)c1. The average Bonchev–Trinajstić information content (AvgIpc) is 3.06. The van der Waals surface area contributed by atoms with E-state index in [1.165, 1.54) is 17.8 Å². The summed E-state index contributed by atoms with van der Waals surface area (Å²) in [6.45, 7) is 3.81. The number of aromatic nitrogens is 2. The summed E-state index contributed by atoms with van der Waals surface area (Å²) in [5, 5.41) is 9.30. The van der Waals surface area contributed by atoms with Crippen molar-refractivity contribution in [1.82, 2.24) is 14.9 Å². The summed E-state index contributed by atoms with van der Waals surface area (Å²) < 4.78 is 5.63. The Kier molecular flexibility index (Phi) is 4.16. The minimum absolute atomic E-state index is 0.0592. The summed E-state index contributed by atoms with van der Waals surface area (Å²) in [5.41, 5.74) is 4.37. The molecule has 0 radical (unpaired) electrons. The molecule has 1 fully saturated rings. The fourth-order valence-electron chi connectivity index (χ4n) is 3.59. The van der Waals surface area contributed by atoms with Crippen molar-refractivity contribution >= 4 is 0 Å². The van der Waals surface area contributed by atoms with Crippen LogP contribution in [0.25, 0.3) is 11.4 Å². The molecule has 0 spiro atoms. The van der Waals surface area contributed by atoms with Crippen LogP contribution in [0.15, 0.2) is 24.3 Å². The van der Waals surface area contributed by atoms with Crippen LogP contribution in [0.1, 0.15) is 29.8 Å². The van der Waals surface area contributed by atoms with Gasteiger partial charge in [0.1, 0.15) is 5.82 Å². The van der Waals surface area contributed by atoms with E-state index < -0.39 is 0 Å². The van der Waals surface area contributed by atoms with Crippen LogP contribution in [0.3, 0.4) is 0 Å². The van der Waals surface area contributed by atoms with Crippen LogP contribution in [-0.2, 0) is 24.3 Å². The Morgan fingerprint density at radius 1 is 1.39 bits per heavy atom. The zero-order chi connectivity index (χ0) is 15.6. The lowest BCUT2D eigenvalue weighted by Crippen LogP contribution is -2.43. The van der Waals surface area contributed by atoms with Gasteiger partial charge in [-0.1, -0.05) is 18.2 Å². The van der Waals surface area contributed by atoms with Gasteiger partial charge < -0.3 is 14.8 Å². The summed E-state index contributed by atoms with van der Waals surface area (Å²) in [5.74, 6) is 0.909. The molecule has 0 unspecified atom stereocenters. The van der Waals surface area contributed by atoms with Crippen molar-refractivity contribution in [1.29, 1.82) is 0 Å². The van der Waals surface area contributed by atoms with Crippen molar-refractivity contribution in [2.75, 3.05) is 19.8 Å². The number of fused-ring (bicyclic) bond motifs is 1. The van der Waals surface area contributed by atoms with Crippen LogP contribution < -0.4 is 0 Å². The standard InChI is InChI=1S/C18H23N3O2/c22-11-13-3-1-4-14(9-13)18-19-16-6-7-21(10-17(16)20-18)15-5-2-8-23-12-15/h1,3-4,9,15,22H,2,5-8,10-12H2,(H,19,20)/t15-/m1/s1. The quantitative estimate of drug-likeness (QED) is 0.911. The Hall–Kier alpha value is -1.69. The first-order chi connectivity index (χ1) is 11.3. The number of aromatic amines is 1. The van der Waals surface area contributed by atoms with Crippen LogP contribution in [0.5, 0.6) is 0 Å². The molecule has 0 saturated carbocycles. The minimum Gasteiger partial charge on any atom is -0.392 e. The van der Waals surface area contributed by atoms with Gasteiger partial charge in [0.25, 0.3) is 0 Å². The maximum absolute atomic E-state index is 9.30. The number of nitrogens with zero attached hydrogens (tertiary/aromatic N) is 2. The highest BCUT2D eigenvalue weighted by Crippen LogP contribution is 2.26. The second-order valence-electron chi connectivity index (χ2n) is 6.46. The van der Waals surface area contributed by atoms with E-state index in [0.717, 1.165) is 56.1 Å². The molecule has 1 atom stereocenters. The normalized spacial score (nSPS) is 22.0. The number of hydrogen-bond donors (Lipinski definition) is 2. The van der Waals surface area contributed by atoms with Crippen molar-refractivity contribution < 1.29 is 9.84 Å². The van der Waals surface area contributed by atoms with Gasteiger partial charge in [-0.2, -0.15) is 0 Å². The monoisotopic (exact) mass is 313 g/mol. The van der Waals surface area contributed by atoms with Gasteiger partial charge in [0.15, 0.2) is 0 Å². The predicted molar refractivity (Wildman–Crippen MR) is 87.9 cm³/mol. The van der Waals surface area contributed by atoms with Gasteiger partial charge in [-0.25, -0.2) is 4.98 Å². The second kappa shape index (κ2) is 6.43. The van der Waals surface area contributed by atoms with E-state index in [4.69, 9.17) is 9.72 Å². The number of hydrogen-bond acceptors (Lipinski definition) is 4. The van der Waals surface area contributed by atoms with Crippen LogP contribution >= 0.6 is 0 Å². The van der Waals surface area contributed by atoms with E-state index in [2.05, 4.69) is 9.88 Å². The molecule has 5 nitrogen and oxygen atoms in total. The summed E-state index contributed by atoms with van der Waals surface area (Å²) in [7, 11) is 0. The molecule has 3 heterocycles. The molecule has 23 heavy (non-hydrogen) atoms. The first-order valence-electron chi connectivity index (χ1n) is 8.43. The van der Waals surface area contributed by atoms with Crippen molar-refractivity contribution in [2.24, 2.45) is 0 Å². The zero-order valence-corrected chi connectivity index (χ0v) is 13.3. The van der Waals surface area contributed by atoms with E-state index in [-0.39, 0.29) is 6.61 Å². The van der Waals surface area contributed by atoms with Gasteiger partial charge in [0.2, 0.25) is 0 Å². The molecular formula is C18H23N3O2. The van der Waals surface area contributed by atoms with Gasteiger partial charge in [-0.15, -0.1) is 0 Å². The maximum atomic E-state index is 9.30. The Morgan fingerprint density at radius 3 is 3.17 bits per heavy atom. The number of imidazole rings is 1. The first kappa shape index (κ1) is 14.9. The van der Waals surface area contributed by atoms with Crippen LogP contribution in [0, 0.1) is 0 Å². The smallest absolute Gasteiger partial charge is 0.137 e. The summed E-state index contributed by atoms with van der Waals surface area (Å²) >= 11 is 0. The van der Waals surface area contributed by atoms with Gasteiger partial charge in [0.05, 0.1) is 24.6 Å². The van der Waals surface area contributed by atoms with E-state index in [1.54, 1.807) is 0 Å². The molecule has 0 aliphatic carbocycles. The second-order valence-corrected chi connectivity index (χ2v) is 6.46. The Bertz CT molecular complexity index is 677. The van der Waals surface area contributed by atoms with Crippen molar-refractivity contribution in [3.63, 3.8) is 0 Å². The molecule has 1 saturated heterocycles. The summed E-state index contributed by atoms with van der Waals surface area (Å²) in [6.07, 6.45) is 3.38. The lowest BCUT2D eigenvalue weighted by molar-refractivity contribution is 0.0119. The summed E-state index contributed by atoms with van der Waals surface area (Å²) in [6, 6.07) is 8.47. The summed E-state index contributed by atoms with van der Waals surface area (Å²) in [4.78, 5) is 10.8. The van der Waals surface area contributed by atoms with E-state index in [1.807, 2.05) is 24.3 Å². The van der Waals surface area contributed by atoms with Gasteiger partial charge in [0, 0.05) is 37.7 Å². The van der Waals surface area contributed by atoms with E-state index >= 15 is 0 Å². The van der Waals surface area contributed by atoms with Crippen LogP contribution in [0.4, 0.5) is 0 Å². The van der Waals surface area contributed by atoms with Crippen LogP contribution in [0.2, 0.25) is 0 Å². The van der Waals surface area contributed by atoms with Crippen molar-refractivity contribution in [3.8, 4) is 11.4 Å². The molecule has 2 aliphatic rings. The minimum atomic E-state index is 0.0592. The molecule has 2 aromatic rings. The molecule has 0 bridgehead atoms. The Balaban J connectivity index is 1.54. The lowest BCUT2D eigenvalue weighted by atomic mass is 10.0. The third kappa shape index (κ3) is 3.04. The number of ether oxygens (including phenoxy) is 1. The molecular weight excluding hydrogens is 290 g/mol. The Morgan fingerprint density at radius 2 is 2.35 bits per heavy atom. The van der Waals surface area contributed by atoms with Crippen molar-refractivity contribution in [2.45, 2.75) is 38.5 Å². The van der Waals surface area contributed by atoms with Gasteiger partial charge in [-0.05, 0) is 24.5 Å². The molecule has 122 valence electrons. The third-order valence-electron chi connectivity index (χ3n) is 4.90. The molecule has 2 N–H and O–H groups in total. The number of benzene rings is 1. The first-order valence-corrected chi connectivity index (χ1v) is 8.43. The molecule has 1 aromatic heterocycles.